The highest BCUT2D eigenvalue weighted by Crippen LogP contribution is 2.25. The number of hydrogen-bond acceptors (Lipinski definition) is 6. The molecular formula is C18H26N4O3S. The van der Waals surface area contributed by atoms with Crippen molar-refractivity contribution in [3.05, 3.63) is 59.5 Å². The SMILES string of the molecule is Cc1ccc(C2NNCC2CNCCNS(=O)(=O)Cc2ccccc2)o1. The number of rotatable bonds is 9. The van der Waals surface area contributed by atoms with Gasteiger partial charge in [0.2, 0.25) is 10.0 Å². The Bertz CT molecular complexity index is 792. The van der Waals surface area contributed by atoms with Crippen LogP contribution in [0.25, 0.3) is 0 Å². The van der Waals surface area contributed by atoms with Gasteiger partial charge in [0, 0.05) is 32.1 Å². The molecular weight excluding hydrogens is 352 g/mol. The summed E-state index contributed by atoms with van der Waals surface area (Å²) in [7, 11) is -3.31. The van der Waals surface area contributed by atoms with Crippen LogP contribution in [0.3, 0.4) is 0 Å². The minimum absolute atomic E-state index is 0.00419. The van der Waals surface area contributed by atoms with Crippen molar-refractivity contribution in [3.63, 3.8) is 0 Å². The molecule has 1 aromatic carbocycles. The van der Waals surface area contributed by atoms with Crippen LogP contribution in [0.15, 0.2) is 46.9 Å². The van der Waals surface area contributed by atoms with Gasteiger partial charge >= 0.3 is 0 Å². The molecule has 2 aromatic rings. The maximum absolute atomic E-state index is 12.1. The summed E-state index contributed by atoms with van der Waals surface area (Å²) in [4.78, 5) is 0. The Balaban J connectivity index is 1.38. The van der Waals surface area contributed by atoms with Crippen molar-refractivity contribution >= 4 is 10.0 Å². The highest BCUT2D eigenvalue weighted by atomic mass is 32.2. The summed E-state index contributed by atoms with van der Waals surface area (Å²) in [5.74, 6) is 2.15. The van der Waals surface area contributed by atoms with E-state index in [2.05, 4.69) is 20.9 Å². The van der Waals surface area contributed by atoms with Gasteiger partial charge in [-0.15, -0.1) is 0 Å². The van der Waals surface area contributed by atoms with Gasteiger partial charge in [-0.3, -0.25) is 5.43 Å². The Morgan fingerprint density at radius 1 is 1.15 bits per heavy atom. The lowest BCUT2D eigenvalue weighted by molar-refractivity contribution is 0.361. The van der Waals surface area contributed by atoms with Crippen LogP contribution in [0, 0.1) is 12.8 Å². The zero-order valence-electron chi connectivity index (χ0n) is 14.9. The lowest BCUT2D eigenvalue weighted by Gasteiger charge is -2.17. The van der Waals surface area contributed by atoms with Gasteiger partial charge < -0.3 is 9.73 Å². The number of furan rings is 1. The van der Waals surface area contributed by atoms with Gasteiger partial charge in [0.25, 0.3) is 0 Å². The zero-order valence-corrected chi connectivity index (χ0v) is 15.7. The fraction of sp³-hybridized carbons (Fsp3) is 0.444. The molecule has 8 heteroatoms. The van der Waals surface area contributed by atoms with E-state index in [1.54, 1.807) is 0 Å². The number of sulfonamides is 1. The number of benzene rings is 1. The van der Waals surface area contributed by atoms with E-state index in [4.69, 9.17) is 4.42 Å². The van der Waals surface area contributed by atoms with Crippen LogP contribution < -0.4 is 20.9 Å². The molecule has 0 spiro atoms. The molecule has 0 bridgehead atoms. The lowest BCUT2D eigenvalue weighted by Crippen LogP contribution is -2.35. The largest absolute Gasteiger partial charge is 0.465 e. The van der Waals surface area contributed by atoms with Crippen molar-refractivity contribution in [2.24, 2.45) is 5.92 Å². The number of aryl methyl sites for hydroxylation is 1. The van der Waals surface area contributed by atoms with Gasteiger partial charge in [-0.1, -0.05) is 30.3 Å². The Morgan fingerprint density at radius 3 is 2.69 bits per heavy atom. The highest BCUT2D eigenvalue weighted by molar-refractivity contribution is 7.88. The minimum atomic E-state index is -3.31. The molecule has 26 heavy (non-hydrogen) atoms. The zero-order chi connectivity index (χ0) is 18.4. The molecule has 0 saturated carbocycles. The molecule has 1 fully saturated rings. The normalized spacial score (nSPS) is 20.5. The second kappa shape index (κ2) is 8.79. The van der Waals surface area contributed by atoms with Crippen LogP contribution >= 0.6 is 0 Å². The molecule has 1 aromatic heterocycles. The monoisotopic (exact) mass is 378 g/mol. The molecule has 0 radical (unpaired) electrons. The van der Waals surface area contributed by atoms with Crippen LogP contribution in [-0.2, 0) is 15.8 Å². The lowest BCUT2D eigenvalue weighted by atomic mass is 10.00. The fourth-order valence-electron chi connectivity index (χ4n) is 3.08. The van der Waals surface area contributed by atoms with Gasteiger partial charge in [-0.05, 0) is 24.6 Å². The Hall–Kier alpha value is -1.71. The summed E-state index contributed by atoms with van der Waals surface area (Å²) < 4.78 is 32.5. The summed E-state index contributed by atoms with van der Waals surface area (Å²) in [6.45, 7) is 4.48. The van der Waals surface area contributed by atoms with E-state index in [1.807, 2.05) is 49.4 Å². The standard InChI is InChI=1S/C18H26N4O3S/c1-14-7-8-17(25-14)18-16(12-20-22-18)11-19-9-10-21-26(23,24)13-15-5-3-2-4-6-15/h2-8,16,18-22H,9-13H2,1H3. The molecule has 0 aliphatic carbocycles. The van der Waals surface area contributed by atoms with E-state index in [-0.39, 0.29) is 11.8 Å². The third-order valence-corrected chi connectivity index (χ3v) is 5.75. The first kappa shape index (κ1) is 19.1. The van der Waals surface area contributed by atoms with Gasteiger partial charge in [-0.25, -0.2) is 18.6 Å². The maximum Gasteiger partial charge on any atom is 0.215 e. The number of hydrazine groups is 1. The molecule has 1 saturated heterocycles. The Morgan fingerprint density at radius 2 is 1.96 bits per heavy atom. The van der Waals surface area contributed by atoms with Crippen LogP contribution in [-0.4, -0.2) is 34.6 Å². The summed E-state index contributed by atoms with van der Waals surface area (Å²) in [6, 6.07) is 13.2. The fourth-order valence-corrected chi connectivity index (χ4v) is 4.22. The average Bonchev–Trinajstić information content (AvgIpc) is 3.23. The second-order valence-electron chi connectivity index (χ2n) is 6.55. The van der Waals surface area contributed by atoms with Crippen LogP contribution in [0.5, 0.6) is 0 Å². The molecule has 0 amide bonds. The van der Waals surface area contributed by atoms with Gasteiger partial charge in [0.05, 0.1) is 11.8 Å². The van der Waals surface area contributed by atoms with Crippen molar-refractivity contribution < 1.29 is 12.8 Å². The van der Waals surface area contributed by atoms with Crippen molar-refractivity contribution in [2.75, 3.05) is 26.2 Å². The maximum atomic E-state index is 12.1. The van der Waals surface area contributed by atoms with Gasteiger partial charge in [0.1, 0.15) is 11.5 Å². The topological polar surface area (TPSA) is 95.4 Å². The van der Waals surface area contributed by atoms with Crippen molar-refractivity contribution in [2.45, 2.75) is 18.7 Å². The highest BCUT2D eigenvalue weighted by Gasteiger charge is 2.30. The molecule has 2 unspecified atom stereocenters. The van der Waals surface area contributed by atoms with E-state index in [9.17, 15) is 8.42 Å². The smallest absolute Gasteiger partial charge is 0.215 e. The summed E-state index contributed by atoms with van der Waals surface area (Å²) in [5, 5.41) is 3.32. The first-order valence-electron chi connectivity index (χ1n) is 8.80. The molecule has 2 atom stereocenters. The second-order valence-corrected chi connectivity index (χ2v) is 8.36. The van der Waals surface area contributed by atoms with Gasteiger partial charge in [0.15, 0.2) is 0 Å². The molecule has 7 nitrogen and oxygen atoms in total. The minimum Gasteiger partial charge on any atom is -0.465 e. The third-order valence-electron chi connectivity index (χ3n) is 4.39. The molecule has 3 rings (SSSR count). The molecule has 1 aliphatic heterocycles. The predicted octanol–water partition coefficient (Wildman–Crippen LogP) is 1.06. The van der Waals surface area contributed by atoms with Gasteiger partial charge in [-0.2, -0.15) is 0 Å². The van der Waals surface area contributed by atoms with Crippen LogP contribution in [0.4, 0.5) is 0 Å². The summed E-state index contributed by atoms with van der Waals surface area (Å²) >= 11 is 0. The number of nitrogens with one attached hydrogen (secondary N) is 4. The molecule has 1 aliphatic rings. The van der Waals surface area contributed by atoms with Crippen molar-refractivity contribution in [3.8, 4) is 0 Å². The van der Waals surface area contributed by atoms with E-state index in [1.165, 1.54) is 0 Å². The van der Waals surface area contributed by atoms with E-state index >= 15 is 0 Å². The first-order valence-corrected chi connectivity index (χ1v) is 10.5. The first-order chi connectivity index (χ1) is 12.5. The molecule has 4 N–H and O–H groups in total. The number of hydrogen-bond donors (Lipinski definition) is 4. The van der Waals surface area contributed by atoms with Crippen LogP contribution in [0.1, 0.15) is 23.1 Å². The van der Waals surface area contributed by atoms with E-state index in [0.29, 0.717) is 19.0 Å². The summed E-state index contributed by atoms with van der Waals surface area (Å²) in [6.07, 6.45) is 0. The van der Waals surface area contributed by atoms with Crippen molar-refractivity contribution in [1.82, 2.24) is 20.9 Å². The Labute approximate surface area is 154 Å². The predicted molar refractivity (Wildman–Crippen MR) is 101 cm³/mol. The molecule has 142 valence electrons. The van der Waals surface area contributed by atoms with Crippen LogP contribution in [0.2, 0.25) is 0 Å². The van der Waals surface area contributed by atoms with E-state index < -0.39 is 10.0 Å². The average molecular weight is 378 g/mol. The summed E-state index contributed by atoms with van der Waals surface area (Å²) in [5.41, 5.74) is 7.18. The Kier molecular flexibility index (Phi) is 6.44. The quantitative estimate of drug-likeness (QED) is 0.488. The van der Waals surface area contributed by atoms with E-state index in [0.717, 1.165) is 30.2 Å². The third kappa shape index (κ3) is 5.39. The van der Waals surface area contributed by atoms with Crippen molar-refractivity contribution in [1.29, 1.82) is 0 Å². The molecule has 2 heterocycles.